The Hall–Kier alpha value is -13.2. The van der Waals surface area contributed by atoms with E-state index in [0.717, 1.165) is 47.1 Å². The third-order valence-electron chi connectivity index (χ3n) is 17.6. The molecule has 0 amide bonds. The number of hydrogen-bond donors (Lipinski definition) is 3. The van der Waals surface area contributed by atoms with Crippen molar-refractivity contribution < 1.29 is 82.3 Å². The van der Waals surface area contributed by atoms with Gasteiger partial charge in [-0.25, -0.2) is 4.79 Å². The number of esters is 3. The van der Waals surface area contributed by atoms with Crippen LogP contribution >= 0.6 is 0 Å². The molecule has 20 nitrogen and oxygen atoms in total. The first kappa shape index (κ1) is 105. The van der Waals surface area contributed by atoms with Gasteiger partial charge in [0.05, 0.1) is 55.6 Å². The summed E-state index contributed by atoms with van der Waals surface area (Å²) in [6, 6.07) is 63.6. The Morgan fingerprint density at radius 2 is 0.712 bits per heavy atom. The molecule has 3 aromatic heterocycles. The molecule has 0 radical (unpaired) electrons. The molecule has 0 aliphatic heterocycles. The number of carbonyl (C=O) groups excluding carboxylic acids is 3. The number of fused-ring (bicyclic) bond motifs is 3. The summed E-state index contributed by atoms with van der Waals surface area (Å²) >= 11 is 0. The summed E-state index contributed by atoms with van der Waals surface area (Å²) in [6.45, 7) is 19.9. The van der Waals surface area contributed by atoms with Crippen molar-refractivity contribution in [3.05, 3.63) is 298 Å². The topological polar surface area (TPSA) is 276 Å². The fraction of sp³-hybridized carbons (Fsp3) is 0.265. The number of hydrogen-bond acceptors (Lipinski definition) is 20. The molecule has 3 N–H and O–H groups in total. The van der Waals surface area contributed by atoms with E-state index in [0.29, 0.717) is 40.9 Å². The van der Waals surface area contributed by atoms with Gasteiger partial charge in [-0.2, -0.15) is 0 Å². The zero-order valence-electron chi connectivity index (χ0n) is 63.6. The molecule has 5 unspecified atom stereocenters. The first-order valence-electron chi connectivity index (χ1n) is 35.3. The number of ether oxygens (including phenoxy) is 8. The van der Waals surface area contributed by atoms with E-state index in [1.54, 1.807) is 132 Å². The Morgan fingerprint density at radius 3 is 0.992 bits per heavy atom. The smallest absolute Gasteiger partial charge is 0.505 e. The molecule has 0 aliphatic rings. The fourth-order valence-corrected chi connectivity index (χ4v) is 11.4. The lowest BCUT2D eigenvalue weighted by Crippen LogP contribution is -2.20. The van der Waals surface area contributed by atoms with Crippen LogP contribution in [-0.2, 0) is 23.9 Å². The van der Waals surface area contributed by atoms with Crippen LogP contribution in [0.25, 0.3) is 73.0 Å². The van der Waals surface area contributed by atoms with Crippen LogP contribution in [0.3, 0.4) is 0 Å². The molecule has 118 heavy (non-hydrogen) atoms. The van der Waals surface area contributed by atoms with E-state index in [2.05, 4.69) is 38.3 Å². The normalized spacial score (nSPS) is 11.1. The minimum atomic E-state index is -0.640. The lowest BCUT2D eigenvalue weighted by molar-refractivity contribution is -0.139. The number of methoxy groups -OCH3 is 4. The van der Waals surface area contributed by atoms with Crippen LogP contribution in [0.1, 0.15) is 150 Å². The maximum atomic E-state index is 12.9. The Kier molecular flexibility index (Phi) is 45.8. The molecule has 3 heterocycles. The maximum Gasteiger partial charge on any atom is 1.00 e. The van der Waals surface area contributed by atoms with Crippen LogP contribution < -0.4 is 44.7 Å². The summed E-state index contributed by atoms with van der Waals surface area (Å²) in [5.41, 5.74) is 4.23. The molecular formula is C98H121O20+. The van der Waals surface area contributed by atoms with Crippen molar-refractivity contribution in [3.8, 4) is 85.7 Å². The predicted molar refractivity (Wildman–Crippen MR) is 481 cm³/mol. The van der Waals surface area contributed by atoms with E-state index < -0.39 is 45.5 Å². The van der Waals surface area contributed by atoms with Crippen molar-refractivity contribution in [2.45, 2.75) is 138 Å². The predicted octanol–water partition coefficient (Wildman–Crippen LogP) is 24.5. The minimum Gasteiger partial charge on any atom is -0.505 e. The summed E-state index contributed by atoms with van der Waals surface area (Å²) in [4.78, 5) is 75.0. The first-order valence-corrected chi connectivity index (χ1v) is 35.3. The van der Waals surface area contributed by atoms with Crippen LogP contribution in [0.2, 0.25) is 0 Å². The standard InChI is InChI=1S/C31H32O7.C29H28O6.C18H12O5.C9H10O.C3H6O.8CH4/c1-5-21(22-11-13-24(14-12-22)36-20(3)35-4)17-19(2)31(34)37-25-15-16-27-26(18-25)28(32)29(33)30(38-27)23-9-7-6-8-10-23;1-4-19(20-10-12-22(33-3)13-11-20)16-18(2)29(32)34-23-14-15-25-24(17-23)26(30)27(31)28(35-25)21-8-6-5-7-9-21;1-2-15(19)22-12-8-9-14-13(10-12)16(20)17(21)18(23-14)11-6-4-3-5-7-11;1-3-8-4-6-9(10-2)7-5-8;1-3-4-2;;;;;;;;/h6-16,18-21,33H,5,17H2,1-4H3;5-15,17-19,31H,4,16H2,1-3H3;2-10,21H,1H2;3-7H,1H2,2H3;3H,1H2,2H3;8*1H4/p+1. The summed E-state index contributed by atoms with van der Waals surface area (Å²) in [5.74, 6) is 0.0270. The number of benzene rings is 9. The second-order valence-electron chi connectivity index (χ2n) is 25.0. The minimum absolute atomic E-state index is 0. The van der Waals surface area contributed by atoms with Crippen molar-refractivity contribution in [2.24, 2.45) is 11.8 Å². The summed E-state index contributed by atoms with van der Waals surface area (Å²) < 4.78 is 58.7. The van der Waals surface area contributed by atoms with Gasteiger partial charge in [-0.15, -0.1) is 0 Å². The molecule has 12 aromatic rings. The zero-order valence-corrected chi connectivity index (χ0v) is 62.6. The Morgan fingerprint density at radius 1 is 0.415 bits per heavy atom. The van der Waals surface area contributed by atoms with Crippen molar-refractivity contribution in [1.29, 1.82) is 0 Å². The monoisotopic (exact) mass is 1620 g/mol. The highest BCUT2D eigenvalue weighted by Crippen LogP contribution is 2.37. The molecule has 0 bridgehead atoms. The molecule has 0 saturated heterocycles. The highest BCUT2D eigenvalue weighted by Gasteiger charge is 2.26. The lowest BCUT2D eigenvalue weighted by atomic mass is 9.87. The van der Waals surface area contributed by atoms with E-state index in [9.17, 15) is 44.1 Å². The van der Waals surface area contributed by atoms with Crippen molar-refractivity contribution >= 4 is 56.9 Å². The number of aromatic hydroxyl groups is 3. The summed E-state index contributed by atoms with van der Waals surface area (Å²) in [5, 5.41) is 31.5. The molecule has 20 heteroatoms. The average molecular weight is 1620 g/mol. The van der Waals surface area contributed by atoms with Crippen molar-refractivity contribution in [2.75, 3.05) is 28.4 Å². The van der Waals surface area contributed by atoms with Gasteiger partial charge in [-0.1, -0.05) is 240 Å². The number of carbonyl (C=O) groups is 3. The summed E-state index contributed by atoms with van der Waals surface area (Å²) in [7, 11) is 6.44. The third kappa shape index (κ3) is 28.1. The Balaban J connectivity index is 0. The van der Waals surface area contributed by atoms with Crippen LogP contribution in [0, 0.1) is 11.8 Å². The third-order valence-corrected chi connectivity index (χ3v) is 17.6. The Bertz CT molecular complexity index is 5270. The van der Waals surface area contributed by atoms with E-state index in [-0.39, 0.29) is 159 Å². The zero-order chi connectivity index (χ0) is 79.4. The average Bonchev–Trinajstić information content (AvgIpc) is 0.787. The van der Waals surface area contributed by atoms with E-state index in [4.69, 9.17) is 46.4 Å². The largest absolute Gasteiger partial charge is 1.00 e. The molecule has 632 valence electrons. The highest BCUT2D eigenvalue weighted by atomic mass is 16.7. The van der Waals surface area contributed by atoms with E-state index in [1.165, 1.54) is 36.6 Å². The van der Waals surface area contributed by atoms with Crippen LogP contribution in [0.4, 0.5) is 0 Å². The molecule has 9 aromatic carbocycles. The molecule has 5 atom stereocenters. The number of rotatable bonds is 24. The SMILES string of the molecule is C.C.C.C.C.C.C.C.C=CC(=O)Oc1ccc2oc(-c3ccccc3)c(O)c(=O)c2c1.C=COC.C=Cc1ccc(OC)cc1.CCC(CC(C)C(=O)Oc1ccc2oc(-c3ccccc3)c(O)c(=O)c2c1)c1ccc(OC(C)OC)cc1.CCC(CC(C)C(=O)Oc1ccc2oc(-c3ccccc3)c(O)c(=O)c2c1)c1ccc(OC)cc1.[H+]. The Labute approximate surface area is 697 Å². The van der Waals surface area contributed by atoms with Gasteiger partial charge in [0.1, 0.15) is 51.2 Å². The van der Waals surface area contributed by atoms with Gasteiger partial charge >= 0.3 is 19.3 Å². The van der Waals surface area contributed by atoms with Crippen LogP contribution in [-0.4, -0.2) is 68.0 Å². The van der Waals surface area contributed by atoms with Gasteiger partial charge in [0.2, 0.25) is 33.5 Å². The van der Waals surface area contributed by atoms with Gasteiger partial charge in [0, 0.05) is 29.9 Å². The van der Waals surface area contributed by atoms with Crippen LogP contribution in [0.15, 0.2) is 278 Å². The van der Waals surface area contributed by atoms with E-state index in [1.807, 2.05) is 112 Å². The van der Waals surface area contributed by atoms with Crippen molar-refractivity contribution in [1.82, 2.24) is 0 Å². The van der Waals surface area contributed by atoms with Gasteiger partial charge in [0.25, 0.3) is 0 Å². The van der Waals surface area contributed by atoms with Gasteiger partial charge in [0.15, 0.2) is 23.6 Å². The second-order valence-corrected chi connectivity index (χ2v) is 25.0. The second kappa shape index (κ2) is 51.6. The van der Waals surface area contributed by atoms with Gasteiger partial charge in [-0.3, -0.25) is 24.0 Å². The lowest BCUT2D eigenvalue weighted by Gasteiger charge is -2.20. The first-order chi connectivity index (χ1) is 53.1. The van der Waals surface area contributed by atoms with Gasteiger partial charge in [-0.05, 0) is 152 Å². The van der Waals surface area contributed by atoms with E-state index >= 15 is 0 Å². The molecule has 0 fully saturated rings. The molecular weight excluding hydrogens is 1500 g/mol. The quantitative estimate of drug-likeness (QED) is 0.0167. The maximum absolute atomic E-state index is 12.9. The molecule has 0 spiro atoms. The van der Waals surface area contributed by atoms with Crippen LogP contribution in [0.5, 0.6) is 51.7 Å². The molecule has 12 rings (SSSR count). The van der Waals surface area contributed by atoms with Gasteiger partial charge < -0.3 is 66.5 Å². The molecule has 0 saturated carbocycles. The molecule has 0 aliphatic carbocycles. The van der Waals surface area contributed by atoms with Crippen molar-refractivity contribution in [3.63, 3.8) is 0 Å². The fourth-order valence-electron chi connectivity index (χ4n) is 11.4. The highest BCUT2D eigenvalue weighted by molar-refractivity contribution is 5.88. The summed E-state index contributed by atoms with van der Waals surface area (Å²) in [6.07, 6.45) is 6.81.